The van der Waals surface area contributed by atoms with Crippen LogP contribution in [-0.4, -0.2) is 48.5 Å². The third-order valence-corrected chi connectivity index (χ3v) is 8.01. The summed E-state index contributed by atoms with van der Waals surface area (Å²) in [6, 6.07) is 24.2. The Morgan fingerprint density at radius 2 is 1.49 bits per heavy atom. The Balaban J connectivity index is 0.000000235. The standard InChI is InChI=1S/C15H22N4O3.C15H14N2O3S/c16-15(17)18-10-2-1-3-13(20)19-12-7-4-11(5-8-12)6-9-14(21)22;16-15(18)14-10-11-6-4-5-9-13(11)17(14)21(19,20)12-7-2-1-3-8-12/h4-5,7-8H,1-3,6,9-10H2,(H,19,20)(H,21,22)(H4,16,17,18);1-10,19-20H,(H2,16,18). The van der Waals surface area contributed by atoms with Gasteiger partial charge in [-0.05, 0) is 61.2 Å². The van der Waals surface area contributed by atoms with Gasteiger partial charge in [0.15, 0.2) is 5.96 Å². The van der Waals surface area contributed by atoms with E-state index in [1.165, 1.54) is 3.97 Å². The van der Waals surface area contributed by atoms with Crippen molar-refractivity contribution in [2.45, 2.75) is 37.0 Å². The monoisotopic (exact) mass is 608 g/mol. The second kappa shape index (κ2) is 15.4. The molecule has 0 aliphatic heterocycles. The van der Waals surface area contributed by atoms with Crippen molar-refractivity contribution in [3.8, 4) is 0 Å². The van der Waals surface area contributed by atoms with Gasteiger partial charge in [0, 0.05) is 30.5 Å². The molecule has 4 rings (SSSR count). The molecule has 228 valence electrons. The minimum atomic E-state index is -3.38. The SMILES string of the molecule is NC(=O)c1cc2ccccc2n1S(O)(O)c1ccccc1.NC(N)=NCCCCC(=O)Nc1ccc(CCC(=O)O)cc1. The van der Waals surface area contributed by atoms with Gasteiger partial charge in [0.05, 0.1) is 10.4 Å². The first kappa shape index (κ1) is 32.7. The Bertz CT molecular complexity index is 1570. The number of carbonyl (C=O) groups excluding carboxylic acids is 2. The zero-order valence-electron chi connectivity index (χ0n) is 23.4. The number of aliphatic carboxylic acids is 1. The van der Waals surface area contributed by atoms with E-state index in [9.17, 15) is 23.5 Å². The van der Waals surface area contributed by atoms with Crippen LogP contribution in [-0.2, 0) is 16.0 Å². The highest BCUT2D eigenvalue weighted by atomic mass is 32.3. The molecular weight excluding hydrogens is 572 g/mol. The van der Waals surface area contributed by atoms with Crippen molar-refractivity contribution in [3.63, 3.8) is 0 Å². The molecule has 12 nitrogen and oxygen atoms in total. The number of guanidine groups is 1. The molecule has 10 N–H and O–H groups in total. The number of hydrogen-bond donors (Lipinski definition) is 7. The summed E-state index contributed by atoms with van der Waals surface area (Å²) in [6.07, 6.45) is 2.44. The Morgan fingerprint density at radius 1 is 0.837 bits per heavy atom. The van der Waals surface area contributed by atoms with Gasteiger partial charge in [-0.2, -0.15) is 0 Å². The van der Waals surface area contributed by atoms with Crippen LogP contribution in [0.4, 0.5) is 5.69 Å². The third-order valence-electron chi connectivity index (χ3n) is 6.20. The molecule has 0 atom stereocenters. The lowest BCUT2D eigenvalue weighted by atomic mass is 10.1. The summed E-state index contributed by atoms with van der Waals surface area (Å²) in [5.41, 5.74) is 18.0. The number of amides is 2. The average molecular weight is 609 g/mol. The van der Waals surface area contributed by atoms with Crippen LogP contribution >= 0.6 is 10.8 Å². The number of aromatic nitrogens is 1. The topological polar surface area (TPSA) is 219 Å². The normalized spacial score (nSPS) is 11.2. The smallest absolute Gasteiger partial charge is 0.303 e. The van der Waals surface area contributed by atoms with Gasteiger partial charge in [0.2, 0.25) is 5.91 Å². The van der Waals surface area contributed by atoms with E-state index < -0.39 is 22.7 Å². The molecule has 0 fully saturated rings. The van der Waals surface area contributed by atoms with Gasteiger partial charge in [0.25, 0.3) is 5.91 Å². The number of nitrogens with zero attached hydrogens (tertiary/aromatic N) is 2. The molecule has 0 radical (unpaired) electrons. The zero-order valence-corrected chi connectivity index (χ0v) is 24.2. The number of aliphatic imine (C=N–C) groups is 1. The first-order valence-electron chi connectivity index (χ1n) is 13.4. The van der Waals surface area contributed by atoms with Crippen LogP contribution in [0.3, 0.4) is 0 Å². The van der Waals surface area contributed by atoms with Crippen molar-refractivity contribution >= 4 is 51.1 Å². The number of aryl methyl sites for hydroxylation is 1. The third kappa shape index (κ3) is 9.60. The van der Waals surface area contributed by atoms with E-state index in [1.807, 2.05) is 18.2 Å². The fourth-order valence-corrected chi connectivity index (χ4v) is 5.71. The molecule has 3 aromatic carbocycles. The Kier molecular flexibility index (Phi) is 11.7. The van der Waals surface area contributed by atoms with E-state index in [0.29, 0.717) is 41.9 Å². The molecule has 0 aliphatic rings. The quantitative estimate of drug-likeness (QED) is 0.0692. The summed E-state index contributed by atoms with van der Waals surface area (Å²) in [5, 5.41) is 12.1. The minimum Gasteiger partial charge on any atom is -0.481 e. The largest absolute Gasteiger partial charge is 0.481 e. The first-order valence-corrected chi connectivity index (χ1v) is 14.9. The molecule has 0 saturated heterocycles. The number of unbranched alkanes of at least 4 members (excludes halogenated alkanes) is 1. The summed E-state index contributed by atoms with van der Waals surface area (Å²) in [6.45, 7) is 0.522. The van der Waals surface area contributed by atoms with E-state index in [2.05, 4.69) is 10.3 Å². The Hall–Kier alpha value is -4.85. The molecule has 43 heavy (non-hydrogen) atoms. The molecule has 4 aromatic rings. The number of para-hydroxylation sites is 1. The number of primary amides is 1. The van der Waals surface area contributed by atoms with E-state index in [0.717, 1.165) is 17.4 Å². The Labute approximate surface area is 250 Å². The van der Waals surface area contributed by atoms with Crippen LogP contribution in [0.25, 0.3) is 10.9 Å². The van der Waals surface area contributed by atoms with Gasteiger partial charge in [0.1, 0.15) is 5.69 Å². The molecule has 0 spiro atoms. The number of rotatable bonds is 12. The molecule has 2 amide bonds. The predicted molar refractivity (Wildman–Crippen MR) is 169 cm³/mol. The number of carbonyl (C=O) groups is 3. The van der Waals surface area contributed by atoms with E-state index >= 15 is 0 Å². The van der Waals surface area contributed by atoms with E-state index in [1.54, 1.807) is 66.7 Å². The maximum absolute atomic E-state index is 11.7. The van der Waals surface area contributed by atoms with Gasteiger partial charge in [-0.3, -0.25) is 28.5 Å². The molecule has 0 saturated carbocycles. The number of carboxylic acids is 1. The second-order valence-electron chi connectivity index (χ2n) is 9.48. The number of benzene rings is 3. The summed E-state index contributed by atoms with van der Waals surface area (Å²) < 4.78 is 22.6. The highest BCUT2D eigenvalue weighted by molar-refractivity contribution is 8.23. The van der Waals surface area contributed by atoms with Gasteiger partial charge < -0.3 is 27.6 Å². The number of carboxylic acid groups (broad SMARTS) is 1. The van der Waals surface area contributed by atoms with Crippen LogP contribution in [0.5, 0.6) is 0 Å². The Morgan fingerprint density at radius 3 is 2.12 bits per heavy atom. The lowest BCUT2D eigenvalue weighted by Crippen LogP contribution is -2.23. The van der Waals surface area contributed by atoms with Gasteiger partial charge >= 0.3 is 5.97 Å². The minimum absolute atomic E-state index is 0.0624. The number of nitrogens with two attached hydrogens (primary N) is 3. The average Bonchev–Trinajstić information content (AvgIpc) is 3.38. The molecule has 13 heteroatoms. The molecule has 0 unspecified atom stereocenters. The van der Waals surface area contributed by atoms with Crippen molar-refractivity contribution in [2.75, 3.05) is 11.9 Å². The summed E-state index contributed by atoms with van der Waals surface area (Å²) in [5.74, 6) is -1.53. The number of fused-ring (bicyclic) bond motifs is 1. The maximum atomic E-state index is 11.7. The van der Waals surface area contributed by atoms with E-state index in [4.69, 9.17) is 22.3 Å². The number of hydrogen-bond acceptors (Lipinski definition) is 6. The van der Waals surface area contributed by atoms with Gasteiger partial charge in [-0.25, -0.2) is 3.97 Å². The van der Waals surface area contributed by atoms with Gasteiger partial charge in [-0.1, -0.05) is 59.3 Å². The van der Waals surface area contributed by atoms with Gasteiger partial charge in [-0.15, -0.1) is 0 Å². The van der Waals surface area contributed by atoms with Crippen LogP contribution in [0.2, 0.25) is 0 Å². The zero-order chi connectivity index (χ0) is 31.4. The highest BCUT2D eigenvalue weighted by Gasteiger charge is 2.25. The maximum Gasteiger partial charge on any atom is 0.303 e. The second-order valence-corrected chi connectivity index (χ2v) is 11.4. The van der Waals surface area contributed by atoms with Crippen LogP contribution in [0.15, 0.2) is 94.8 Å². The van der Waals surface area contributed by atoms with Crippen molar-refractivity contribution < 1.29 is 28.6 Å². The van der Waals surface area contributed by atoms with Crippen molar-refractivity contribution in [1.29, 1.82) is 0 Å². The molecule has 1 heterocycles. The van der Waals surface area contributed by atoms with Crippen molar-refractivity contribution in [1.82, 2.24) is 3.97 Å². The van der Waals surface area contributed by atoms with E-state index in [-0.39, 0.29) is 24.0 Å². The summed E-state index contributed by atoms with van der Waals surface area (Å²) >= 11 is 0. The molecule has 0 aliphatic carbocycles. The highest BCUT2D eigenvalue weighted by Crippen LogP contribution is 2.52. The van der Waals surface area contributed by atoms with Crippen molar-refractivity contribution in [2.24, 2.45) is 22.2 Å². The van der Waals surface area contributed by atoms with Crippen molar-refractivity contribution in [3.05, 3.63) is 96.2 Å². The number of nitrogens with one attached hydrogen (secondary N) is 1. The van der Waals surface area contributed by atoms with Crippen LogP contribution < -0.4 is 22.5 Å². The summed E-state index contributed by atoms with van der Waals surface area (Å²) in [4.78, 5) is 38.1. The van der Waals surface area contributed by atoms with Crippen LogP contribution in [0.1, 0.15) is 41.7 Å². The fraction of sp³-hybridized carbons (Fsp3) is 0.200. The lowest BCUT2D eigenvalue weighted by Gasteiger charge is -2.35. The lowest BCUT2D eigenvalue weighted by molar-refractivity contribution is -0.137. The first-order chi connectivity index (χ1) is 20.5. The fourth-order valence-electron chi connectivity index (χ4n) is 4.12. The predicted octanol–water partition coefficient (Wildman–Crippen LogP) is 4.40. The number of anilines is 1. The molecular formula is C30H36N6O6S. The molecule has 0 bridgehead atoms. The molecule has 1 aromatic heterocycles. The van der Waals surface area contributed by atoms with Crippen LogP contribution in [0, 0.1) is 0 Å². The summed E-state index contributed by atoms with van der Waals surface area (Å²) in [7, 11) is -3.38.